The standard InChI is InChI=1S/C12H8N2O3/c1-17-12(16)9(6-13)10-7-4-2-3-5-8(7)11(15)14-10/h2-5H,1H3,(H,14,15)/b10-9-. The molecule has 5 heteroatoms. The average molecular weight is 228 g/mol. The lowest BCUT2D eigenvalue weighted by Gasteiger charge is -2.02. The Hall–Kier alpha value is -2.61. The highest BCUT2D eigenvalue weighted by Crippen LogP contribution is 2.26. The maximum absolute atomic E-state index is 11.6. The smallest absolute Gasteiger partial charge is 0.350 e. The molecule has 0 aliphatic carbocycles. The van der Waals surface area contributed by atoms with Gasteiger partial charge in [-0.1, -0.05) is 18.2 Å². The van der Waals surface area contributed by atoms with Gasteiger partial charge in [0.1, 0.15) is 6.07 Å². The highest BCUT2D eigenvalue weighted by molar-refractivity contribution is 6.14. The first-order chi connectivity index (χ1) is 8.19. The van der Waals surface area contributed by atoms with Crippen molar-refractivity contribution in [2.75, 3.05) is 7.11 Å². The van der Waals surface area contributed by atoms with E-state index in [9.17, 15) is 9.59 Å². The van der Waals surface area contributed by atoms with Gasteiger partial charge in [0.2, 0.25) is 0 Å². The summed E-state index contributed by atoms with van der Waals surface area (Å²) in [4.78, 5) is 23.0. The number of rotatable bonds is 1. The number of nitrogens with one attached hydrogen (secondary N) is 1. The monoisotopic (exact) mass is 228 g/mol. The Balaban J connectivity index is 2.64. The molecule has 5 nitrogen and oxygen atoms in total. The van der Waals surface area contributed by atoms with Crippen LogP contribution in [0.2, 0.25) is 0 Å². The number of hydrogen-bond acceptors (Lipinski definition) is 4. The molecule has 0 saturated carbocycles. The Morgan fingerprint density at radius 3 is 2.59 bits per heavy atom. The van der Waals surface area contributed by atoms with Crippen LogP contribution in [-0.2, 0) is 9.53 Å². The van der Waals surface area contributed by atoms with Crippen molar-refractivity contribution in [1.29, 1.82) is 5.26 Å². The van der Waals surface area contributed by atoms with E-state index >= 15 is 0 Å². The van der Waals surface area contributed by atoms with Crippen LogP contribution >= 0.6 is 0 Å². The van der Waals surface area contributed by atoms with Crippen molar-refractivity contribution in [1.82, 2.24) is 5.32 Å². The molecule has 17 heavy (non-hydrogen) atoms. The van der Waals surface area contributed by atoms with E-state index in [4.69, 9.17) is 5.26 Å². The number of carbonyl (C=O) groups excluding carboxylic acids is 2. The predicted molar refractivity (Wildman–Crippen MR) is 58.5 cm³/mol. The lowest BCUT2D eigenvalue weighted by molar-refractivity contribution is -0.135. The molecular weight excluding hydrogens is 220 g/mol. The van der Waals surface area contributed by atoms with Crippen molar-refractivity contribution in [3.05, 3.63) is 41.0 Å². The third kappa shape index (κ3) is 1.66. The minimum atomic E-state index is -0.764. The predicted octanol–water partition coefficient (Wildman–Crippen LogP) is 0.838. The number of carbonyl (C=O) groups is 2. The van der Waals surface area contributed by atoms with Crippen molar-refractivity contribution < 1.29 is 14.3 Å². The normalized spacial score (nSPS) is 15.6. The number of ether oxygens (including phenoxy) is 1. The summed E-state index contributed by atoms with van der Waals surface area (Å²) in [6.07, 6.45) is 0. The first-order valence-electron chi connectivity index (χ1n) is 4.82. The largest absolute Gasteiger partial charge is 0.465 e. The molecule has 1 aromatic rings. The molecule has 0 aromatic heterocycles. The minimum absolute atomic E-state index is 0.203. The van der Waals surface area contributed by atoms with Gasteiger partial charge in [-0.15, -0.1) is 0 Å². The Bertz CT molecular complexity index is 582. The molecule has 1 aromatic carbocycles. The number of benzene rings is 1. The van der Waals surface area contributed by atoms with Gasteiger partial charge in [-0.3, -0.25) is 4.79 Å². The summed E-state index contributed by atoms with van der Waals surface area (Å²) in [5.74, 6) is -1.09. The highest BCUT2D eigenvalue weighted by atomic mass is 16.5. The van der Waals surface area contributed by atoms with Crippen LogP contribution in [0, 0.1) is 11.3 Å². The molecule has 1 aliphatic heterocycles. The second-order valence-electron chi connectivity index (χ2n) is 3.35. The van der Waals surface area contributed by atoms with Gasteiger partial charge in [0.05, 0.1) is 12.8 Å². The summed E-state index contributed by atoms with van der Waals surface area (Å²) < 4.78 is 4.50. The third-order valence-corrected chi connectivity index (χ3v) is 2.43. The van der Waals surface area contributed by atoms with Gasteiger partial charge in [-0.05, 0) is 6.07 Å². The van der Waals surface area contributed by atoms with Crippen molar-refractivity contribution in [3.8, 4) is 6.07 Å². The van der Waals surface area contributed by atoms with Crippen LogP contribution < -0.4 is 5.32 Å². The summed E-state index contributed by atoms with van der Waals surface area (Å²) in [5.41, 5.74) is 0.990. The molecule has 0 radical (unpaired) electrons. The van der Waals surface area contributed by atoms with E-state index in [2.05, 4.69) is 10.1 Å². The van der Waals surface area contributed by atoms with E-state index < -0.39 is 5.97 Å². The first kappa shape index (κ1) is 10.9. The molecule has 0 bridgehead atoms. The Morgan fingerprint density at radius 2 is 2.00 bits per heavy atom. The van der Waals surface area contributed by atoms with Gasteiger partial charge in [0.15, 0.2) is 5.57 Å². The van der Waals surface area contributed by atoms with Gasteiger partial charge in [-0.2, -0.15) is 5.26 Å². The summed E-state index contributed by atoms with van der Waals surface area (Å²) in [6.45, 7) is 0. The van der Waals surface area contributed by atoms with Gasteiger partial charge < -0.3 is 10.1 Å². The molecule has 0 atom stereocenters. The summed E-state index contributed by atoms with van der Waals surface area (Å²) >= 11 is 0. The van der Waals surface area contributed by atoms with Crippen LogP contribution in [0.15, 0.2) is 29.8 Å². The molecule has 0 unspecified atom stereocenters. The second-order valence-corrected chi connectivity index (χ2v) is 3.35. The number of nitrogens with zero attached hydrogens (tertiary/aromatic N) is 1. The van der Waals surface area contributed by atoms with Crippen molar-refractivity contribution in [2.24, 2.45) is 0 Å². The van der Waals surface area contributed by atoms with Crippen molar-refractivity contribution in [2.45, 2.75) is 0 Å². The summed E-state index contributed by atoms with van der Waals surface area (Å²) in [7, 11) is 1.18. The number of hydrogen-bond donors (Lipinski definition) is 1. The zero-order valence-electron chi connectivity index (χ0n) is 8.98. The molecule has 1 aliphatic rings. The van der Waals surface area contributed by atoms with Gasteiger partial charge in [0, 0.05) is 11.1 Å². The molecule has 1 heterocycles. The number of fused-ring (bicyclic) bond motifs is 1. The van der Waals surface area contributed by atoms with Crippen molar-refractivity contribution in [3.63, 3.8) is 0 Å². The highest BCUT2D eigenvalue weighted by Gasteiger charge is 2.28. The zero-order chi connectivity index (χ0) is 12.4. The quantitative estimate of drug-likeness (QED) is 0.439. The first-order valence-corrected chi connectivity index (χ1v) is 4.82. The Morgan fingerprint density at radius 1 is 1.35 bits per heavy atom. The van der Waals surface area contributed by atoms with Crippen LogP contribution in [0.5, 0.6) is 0 Å². The number of esters is 1. The molecule has 0 fully saturated rings. The van der Waals surface area contributed by atoms with Crippen molar-refractivity contribution >= 4 is 17.6 Å². The van der Waals surface area contributed by atoms with E-state index in [0.29, 0.717) is 11.1 Å². The maximum Gasteiger partial charge on any atom is 0.350 e. The number of methoxy groups -OCH3 is 1. The topological polar surface area (TPSA) is 79.2 Å². The average Bonchev–Trinajstić information content (AvgIpc) is 2.68. The number of nitriles is 1. The zero-order valence-corrected chi connectivity index (χ0v) is 8.98. The van der Waals surface area contributed by atoms with Gasteiger partial charge in [-0.25, -0.2) is 4.79 Å². The molecule has 84 valence electrons. The van der Waals surface area contributed by atoms with Crippen LogP contribution in [0.25, 0.3) is 5.70 Å². The lowest BCUT2D eigenvalue weighted by Crippen LogP contribution is -2.16. The van der Waals surface area contributed by atoms with Crippen LogP contribution in [-0.4, -0.2) is 19.0 Å². The van der Waals surface area contributed by atoms with E-state index in [1.165, 1.54) is 7.11 Å². The van der Waals surface area contributed by atoms with Crippen LogP contribution in [0.4, 0.5) is 0 Å². The molecule has 1 N–H and O–H groups in total. The van der Waals surface area contributed by atoms with E-state index in [1.807, 2.05) is 0 Å². The molecular formula is C12H8N2O3. The van der Waals surface area contributed by atoms with Crippen LogP contribution in [0.1, 0.15) is 15.9 Å². The summed E-state index contributed by atoms with van der Waals surface area (Å²) in [6, 6.07) is 8.49. The summed E-state index contributed by atoms with van der Waals surface area (Å²) in [5, 5.41) is 11.4. The van der Waals surface area contributed by atoms with Gasteiger partial charge >= 0.3 is 5.97 Å². The fourth-order valence-electron chi connectivity index (χ4n) is 1.65. The van der Waals surface area contributed by atoms with E-state index in [0.717, 1.165) is 0 Å². The number of amides is 1. The Labute approximate surface area is 97.3 Å². The fraction of sp³-hybridized carbons (Fsp3) is 0.0833. The second kappa shape index (κ2) is 4.10. The molecule has 0 saturated heterocycles. The minimum Gasteiger partial charge on any atom is -0.465 e. The maximum atomic E-state index is 11.6. The lowest BCUT2D eigenvalue weighted by atomic mass is 10.1. The molecule has 0 spiro atoms. The SMILES string of the molecule is COC(=O)/C(C#N)=C1\NC(=O)c2ccccc21. The third-order valence-electron chi connectivity index (χ3n) is 2.43. The Kier molecular flexibility index (Phi) is 2.63. The molecule has 2 rings (SSSR count). The fourth-order valence-corrected chi connectivity index (χ4v) is 1.65. The molecule has 1 amide bonds. The van der Waals surface area contributed by atoms with Gasteiger partial charge in [0.25, 0.3) is 5.91 Å². The van der Waals surface area contributed by atoms with E-state index in [-0.39, 0.29) is 17.2 Å². The van der Waals surface area contributed by atoms with E-state index in [1.54, 1.807) is 30.3 Å². The van der Waals surface area contributed by atoms with Crippen LogP contribution in [0.3, 0.4) is 0 Å².